The summed E-state index contributed by atoms with van der Waals surface area (Å²) < 4.78 is 19.5. The molecular weight excluding hydrogens is 345 g/mol. The Morgan fingerprint density at radius 2 is 2.04 bits per heavy atom. The van der Waals surface area contributed by atoms with E-state index in [1.165, 1.54) is 6.07 Å². The third kappa shape index (κ3) is 3.94. The maximum absolute atomic E-state index is 13.7. The second-order valence-electron chi connectivity index (χ2n) is 6.88. The lowest BCUT2D eigenvalue weighted by Gasteiger charge is -2.31. The van der Waals surface area contributed by atoms with E-state index in [1.807, 2.05) is 24.3 Å². The zero-order chi connectivity index (χ0) is 18.6. The van der Waals surface area contributed by atoms with E-state index in [9.17, 15) is 9.18 Å². The first-order valence-corrected chi connectivity index (χ1v) is 9.32. The highest BCUT2D eigenvalue weighted by Gasteiger charge is 2.28. The summed E-state index contributed by atoms with van der Waals surface area (Å²) in [5.41, 5.74) is 2.23. The van der Waals surface area contributed by atoms with Gasteiger partial charge in [-0.25, -0.2) is 14.2 Å². The first kappa shape index (κ1) is 17.5. The molecule has 1 saturated heterocycles. The zero-order valence-corrected chi connectivity index (χ0v) is 15.0. The first-order valence-electron chi connectivity index (χ1n) is 9.32. The van der Waals surface area contributed by atoms with E-state index in [4.69, 9.17) is 4.42 Å². The molecule has 4 rings (SSSR count). The van der Waals surface area contributed by atoms with Crippen LogP contribution in [0.3, 0.4) is 0 Å². The summed E-state index contributed by atoms with van der Waals surface area (Å²) in [4.78, 5) is 18.9. The minimum absolute atomic E-state index is 0.100. The molecule has 2 aromatic carbocycles. The molecule has 1 aliphatic rings. The van der Waals surface area contributed by atoms with Gasteiger partial charge in [-0.2, -0.15) is 0 Å². The number of nitrogens with zero attached hydrogens (tertiary/aromatic N) is 2. The van der Waals surface area contributed by atoms with E-state index < -0.39 is 0 Å². The smallest absolute Gasteiger partial charge is 0.317 e. The molecule has 140 valence electrons. The van der Waals surface area contributed by atoms with Crippen molar-refractivity contribution in [2.45, 2.75) is 25.2 Å². The molecule has 1 fully saturated rings. The standard InChI is InChI=1S/C21H22FN3O2/c22-17-8-2-1-6-15(17)11-12-23-21(26)25-13-5-7-16(14-25)20-24-18-9-3-4-10-19(18)27-20/h1-4,6,8-10,16H,5,7,11-14H2,(H,23,26). The van der Waals surface area contributed by atoms with Crippen molar-refractivity contribution >= 4 is 17.1 Å². The normalized spacial score (nSPS) is 17.2. The van der Waals surface area contributed by atoms with Crippen LogP contribution in [0.5, 0.6) is 0 Å². The average Bonchev–Trinajstić information content (AvgIpc) is 3.14. The highest BCUT2D eigenvalue weighted by Crippen LogP contribution is 2.28. The van der Waals surface area contributed by atoms with Gasteiger partial charge in [0.2, 0.25) is 0 Å². The molecule has 1 atom stereocenters. The Balaban J connectivity index is 1.34. The van der Waals surface area contributed by atoms with E-state index in [2.05, 4.69) is 10.3 Å². The van der Waals surface area contributed by atoms with E-state index in [-0.39, 0.29) is 17.8 Å². The lowest BCUT2D eigenvalue weighted by atomic mass is 9.98. The van der Waals surface area contributed by atoms with Gasteiger partial charge in [-0.1, -0.05) is 30.3 Å². The predicted octanol–water partition coefficient (Wildman–Crippen LogP) is 4.10. The van der Waals surface area contributed by atoms with Gasteiger partial charge in [0.25, 0.3) is 0 Å². The topological polar surface area (TPSA) is 58.4 Å². The van der Waals surface area contributed by atoms with Crippen LogP contribution in [0.4, 0.5) is 9.18 Å². The van der Waals surface area contributed by atoms with Crippen molar-refractivity contribution in [1.82, 2.24) is 15.2 Å². The summed E-state index contributed by atoms with van der Waals surface area (Å²) in [5, 5.41) is 2.90. The van der Waals surface area contributed by atoms with Gasteiger partial charge in [0.15, 0.2) is 11.5 Å². The number of para-hydroxylation sites is 2. The van der Waals surface area contributed by atoms with Crippen LogP contribution < -0.4 is 5.32 Å². The lowest BCUT2D eigenvalue weighted by molar-refractivity contribution is 0.175. The Kier molecular flexibility index (Phi) is 5.05. The third-order valence-electron chi connectivity index (χ3n) is 5.00. The summed E-state index contributed by atoms with van der Waals surface area (Å²) in [6.07, 6.45) is 2.33. The molecule has 5 nitrogen and oxygen atoms in total. The number of fused-ring (bicyclic) bond motifs is 1. The monoisotopic (exact) mass is 367 g/mol. The van der Waals surface area contributed by atoms with Gasteiger partial charge >= 0.3 is 6.03 Å². The van der Waals surface area contributed by atoms with Crippen LogP contribution in [-0.4, -0.2) is 35.5 Å². The van der Waals surface area contributed by atoms with Crippen LogP contribution >= 0.6 is 0 Å². The first-order chi connectivity index (χ1) is 13.2. The fourth-order valence-corrected chi connectivity index (χ4v) is 3.54. The highest BCUT2D eigenvalue weighted by atomic mass is 19.1. The van der Waals surface area contributed by atoms with Crippen molar-refractivity contribution in [3.05, 3.63) is 65.8 Å². The van der Waals surface area contributed by atoms with Crippen molar-refractivity contribution in [1.29, 1.82) is 0 Å². The molecule has 0 saturated carbocycles. The van der Waals surface area contributed by atoms with Gasteiger partial charge in [0, 0.05) is 19.6 Å². The summed E-state index contributed by atoms with van der Waals surface area (Å²) >= 11 is 0. The predicted molar refractivity (Wildman–Crippen MR) is 101 cm³/mol. The minimum atomic E-state index is -0.235. The minimum Gasteiger partial charge on any atom is -0.440 e. The second-order valence-corrected chi connectivity index (χ2v) is 6.88. The number of nitrogens with one attached hydrogen (secondary N) is 1. The quantitative estimate of drug-likeness (QED) is 0.755. The van der Waals surface area contributed by atoms with E-state index in [0.717, 1.165) is 23.9 Å². The summed E-state index contributed by atoms with van der Waals surface area (Å²) in [7, 11) is 0. The number of rotatable bonds is 4. The molecule has 2 amide bonds. The molecule has 27 heavy (non-hydrogen) atoms. The number of hydrogen-bond acceptors (Lipinski definition) is 3. The van der Waals surface area contributed by atoms with Crippen LogP contribution in [0.25, 0.3) is 11.1 Å². The average molecular weight is 367 g/mol. The van der Waals surface area contributed by atoms with Crippen LogP contribution in [-0.2, 0) is 6.42 Å². The largest absolute Gasteiger partial charge is 0.440 e. The number of halogens is 1. The number of urea groups is 1. The SMILES string of the molecule is O=C(NCCc1ccccc1F)N1CCCC(c2nc3ccccc3o2)C1. The molecule has 2 heterocycles. The molecule has 3 aromatic rings. The Bertz CT molecular complexity index is 907. The van der Waals surface area contributed by atoms with Gasteiger partial charge in [-0.05, 0) is 43.0 Å². The number of carbonyl (C=O) groups excluding carboxylic acids is 1. The van der Waals surface area contributed by atoms with Crippen molar-refractivity contribution in [3.8, 4) is 0 Å². The number of likely N-dealkylation sites (tertiary alicyclic amines) is 1. The molecule has 1 unspecified atom stereocenters. The molecular formula is C21H22FN3O2. The number of aromatic nitrogens is 1. The Morgan fingerprint density at radius 3 is 2.89 bits per heavy atom. The molecule has 0 spiro atoms. The summed E-state index contributed by atoms with van der Waals surface area (Å²) in [6, 6.07) is 14.2. The van der Waals surface area contributed by atoms with Crippen LogP contribution in [0, 0.1) is 5.82 Å². The molecule has 0 radical (unpaired) electrons. The van der Waals surface area contributed by atoms with Crippen LogP contribution in [0.2, 0.25) is 0 Å². The summed E-state index contributed by atoms with van der Waals surface area (Å²) in [6.45, 7) is 1.70. The lowest BCUT2D eigenvalue weighted by Crippen LogP contribution is -2.45. The number of hydrogen-bond donors (Lipinski definition) is 1. The van der Waals surface area contributed by atoms with E-state index in [1.54, 1.807) is 23.1 Å². The Morgan fingerprint density at radius 1 is 1.22 bits per heavy atom. The van der Waals surface area contributed by atoms with E-state index >= 15 is 0 Å². The van der Waals surface area contributed by atoms with Gasteiger partial charge < -0.3 is 14.6 Å². The highest BCUT2D eigenvalue weighted by molar-refractivity contribution is 5.74. The van der Waals surface area contributed by atoms with Gasteiger partial charge in [0.05, 0.1) is 5.92 Å². The molecule has 6 heteroatoms. The van der Waals surface area contributed by atoms with Gasteiger partial charge in [0.1, 0.15) is 11.3 Å². The molecule has 1 aromatic heterocycles. The maximum Gasteiger partial charge on any atom is 0.317 e. The Hall–Kier alpha value is -2.89. The fourth-order valence-electron chi connectivity index (χ4n) is 3.54. The second kappa shape index (κ2) is 7.78. The van der Waals surface area contributed by atoms with Crippen LogP contribution in [0.1, 0.15) is 30.2 Å². The van der Waals surface area contributed by atoms with Crippen molar-refractivity contribution in [2.75, 3.05) is 19.6 Å². The maximum atomic E-state index is 13.7. The Labute approximate surface area is 157 Å². The van der Waals surface area contributed by atoms with Crippen LogP contribution in [0.15, 0.2) is 52.9 Å². The number of benzene rings is 2. The number of amides is 2. The molecule has 1 N–H and O–H groups in total. The number of oxazole rings is 1. The molecule has 0 aliphatic carbocycles. The van der Waals surface area contributed by atoms with Crippen molar-refractivity contribution in [2.24, 2.45) is 0 Å². The molecule has 0 bridgehead atoms. The van der Waals surface area contributed by atoms with E-state index in [0.29, 0.717) is 37.5 Å². The zero-order valence-electron chi connectivity index (χ0n) is 15.0. The summed E-state index contributed by atoms with van der Waals surface area (Å²) in [5.74, 6) is 0.560. The number of carbonyl (C=O) groups is 1. The van der Waals surface area contributed by atoms with Crippen molar-refractivity contribution < 1.29 is 13.6 Å². The van der Waals surface area contributed by atoms with Crippen molar-refractivity contribution in [3.63, 3.8) is 0 Å². The number of piperidine rings is 1. The third-order valence-corrected chi connectivity index (χ3v) is 5.00. The molecule has 1 aliphatic heterocycles. The van der Waals surface area contributed by atoms with Gasteiger partial charge in [-0.15, -0.1) is 0 Å². The fraction of sp³-hybridized carbons (Fsp3) is 0.333. The van der Waals surface area contributed by atoms with Gasteiger partial charge in [-0.3, -0.25) is 0 Å².